The fourth-order valence-corrected chi connectivity index (χ4v) is 4.62. The zero-order valence-electron chi connectivity index (χ0n) is 21.8. The van der Waals surface area contributed by atoms with Crippen molar-refractivity contribution in [3.8, 4) is 5.75 Å². The molecule has 2 N–H and O–H groups in total. The molecule has 1 saturated heterocycles. The molecule has 4 amide bonds. The van der Waals surface area contributed by atoms with Gasteiger partial charge in [0.15, 0.2) is 0 Å². The van der Waals surface area contributed by atoms with Crippen LogP contribution in [0.3, 0.4) is 0 Å². The molecule has 2 aliphatic rings. The Kier molecular flexibility index (Phi) is 9.98. The van der Waals surface area contributed by atoms with Gasteiger partial charge in [0.25, 0.3) is 0 Å². The van der Waals surface area contributed by atoms with Crippen LogP contribution in [0.2, 0.25) is 0 Å². The topological polar surface area (TPSA) is 103 Å². The highest BCUT2D eigenvalue weighted by molar-refractivity contribution is 5.95. The summed E-state index contributed by atoms with van der Waals surface area (Å²) in [5.74, 6) is 0.188. The molecule has 10 heteroatoms. The smallest absolute Gasteiger partial charge is 0.338 e. The van der Waals surface area contributed by atoms with Crippen LogP contribution in [0.5, 0.6) is 5.75 Å². The molecule has 36 heavy (non-hydrogen) atoms. The van der Waals surface area contributed by atoms with Gasteiger partial charge in [-0.05, 0) is 44.4 Å². The molecule has 1 unspecified atom stereocenters. The van der Waals surface area contributed by atoms with Gasteiger partial charge in [-0.15, -0.1) is 0 Å². The Bertz CT molecular complexity index is 966. The van der Waals surface area contributed by atoms with E-state index < -0.39 is 12.0 Å². The first-order valence-corrected chi connectivity index (χ1v) is 12.8. The Morgan fingerprint density at radius 2 is 1.94 bits per heavy atom. The lowest BCUT2D eigenvalue weighted by Crippen LogP contribution is -2.51. The predicted molar refractivity (Wildman–Crippen MR) is 137 cm³/mol. The lowest BCUT2D eigenvalue weighted by molar-refractivity contribution is -0.139. The number of amides is 4. The van der Waals surface area contributed by atoms with Gasteiger partial charge >= 0.3 is 18.0 Å². The Hall–Kier alpha value is -3.27. The van der Waals surface area contributed by atoms with E-state index in [9.17, 15) is 14.4 Å². The summed E-state index contributed by atoms with van der Waals surface area (Å²) >= 11 is 0. The third kappa shape index (κ3) is 6.48. The van der Waals surface area contributed by atoms with Gasteiger partial charge in [-0.3, -0.25) is 9.80 Å². The van der Waals surface area contributed by atoms with Crippen molar-refractivity contribution in [2.45, 2.75) is 39.7 Å². The van der Waals surface area contributed by atoms with Gasteiger partial charge in [-0.1, -0.05) is 19.1 Å². The number of likely N-dealkylation sites (N-methyl/N-ethyl adjacent to an activating group) is 1. The first-order valence-electron chi connectivity index (χ1n) is 12.8. The Morgan fingerprint density at radius 1 is 1.14 bits per heavy atom. The van der Waals surface area contributed by atoms with E-state index in [0.29, 0.717) is 56.3 Å². The largest absolute Gasteiger partial charge is 0.497 e. The van der Waals surface area contributed by atoms with Crippen LogP contribution in [0, 0.1) is 0 Å². The van der Waals surface area contributed by atoms with E-state index in [1.54, 1.807) is 18.9 Å². The fourth-order valence-electron chi connectivity index (χ4n) is 4.62. The van der Waals surface area contributed by atoms with Crippen LogP contribution in [-0.2, 0) is 9.53 Å². The Morgan fingerprint density at radius 3 is 2.64 bits per heavy atom. The summed E-state index contributed by atoms with van der Waals surface area (Å²) in [6, 6.07) is 6.38. The van der Waals surface area contributed by atoms with Crippen molar-refractivity contribution in [1.82, 2.24) is 25.3 Å². The number of benzene rings is 1. The van der Waals surface area contributed by atoms with E-state index in [2.05, 4.69) is 15.5 Å². The van der Waals surface area contributed by atoms with Crippen molar-refractivity contribution in [3.63, 3.8) is 0 Å². The number of nitrogens with zero attached hydrogens (tertiary/aromatic N) is 3. The van der Waals surface area contributed by atoms with E-state index in [-0.39, 0.29) is 18.7 Å². The number of hydrogen-bond acceptors (Lipinski definition) is 6. The summed E-state index contributed by atoms with van der Waals surface area (Å²) in [6.07, 6.45) is 1.69. The van der Waals surface area contributed by atoms with Crippen LogP contribution in [-0.4, -0.2) is 92.3 Å². The van der Waals surface area contributed by atoms with E-state index in [1.165, 1.54) is 0 Å². The van der Waals surface area contributed by atoms with E-state index >= 15 is 0 Å². The fraction of sp³-hybridized carbons (Fsp3) is 0.577. The van der Waals surface area contributed by atoms with Gasteiger partial charge in [-0.25, -0.2) is 14.4 Å². The number of carbonyl (C=O) groups is 3. The van der Waals surface area contributed by atoms with Gasteiger partial charge in [0.1, 0.15) is 5.75 Å². The van der Waals surface area contributed by atoms with Gasteiger partial charge in [0.2, 0.25) is 0 Å². The molecule has 1 atom stereocenters. The molecule has 0 aromatic heterocycles. The number of carbonyl (C=O) groups excluding carboxylic acids is 3. The third-order valence-corrected chi connectivity index (χ3v) is 6.45. The monoisotopic (exact) mass is 501 g/mol. The second-order valence-corrected chi connectivity index (χ2v) is 8.83. The zero-order chi connectivity index (χ0) is 26.1. The molecule has 198 valence electrons. The summed E-state index contributed by atoms with van der Waals surface area (Å²) < 4.78 is 10.8. The SMILES string of the molecule is CCCNC(=O)N1CCCN(CC2=C(C(=O)OCC)C(c3cccc(OC)c3)NC(=O)N2CC)CC1. The standard InChI is InChI=1S/C26H39N5O5/c1-5-12-27-25(33)30-14-9-13-29(15-16-30)18-21-22(24(32)36-7-3)23(28-26(34)31(21)6-2)19-10-8-11-20(17-19)35-4/h8,10-11,17,23H,5-7,9,12-16,18H2,1-4H3,(H,27,33)(H,28,34). The van der Waals surface area contributed by atoms with E-state index in [1.807, 2.05) is 43.0 Å². The average Bonchev–Trinajstić information content (AvgIpc) is 3.13. The maximum Gasteiger partial charge on any atom is 0.338 e. The molecule has 1 aromatic rings. The summed E-state index contributed by atoms with van der Waals surface area (Å²) in [4.78, 5) is 44.6. The maximum absolute atomic E-state index is 13.3. The summed E-state index contributed by atoms with van der Waals surface area (Å²) in [6.45, 7) is 10.0. The number of ether oxygens (including phenoxy) is 2. The average molecular weight is 502 g/mol. The molecule has 1 fully saturated rings. The molecule has 1 aromatic carbocycles. The Labute approximate surface area is 213 Å². The van der Waals surface area contributed by atoms with Crippen LogP contribution >= 0.6 is 0 Å². The number of esters is 1. The lowest BCUT2D eigenvalue weighted by atomic mass is 9.94. The van der Waals surface area contributed by atoms with Crippen molar-refractivity contribution in [3.05, 3.63) is 41.1 Å². The van der Waals surface area contributed by atoms with Crippen LogP contribution < -0.4 is 15.4 Å². The van der Waals surface area contributed by atoms with Crippen molar-refractivity contribution < 1.29 is 23.9 Å². The van der Waals surface area contributed by atoms with Crippen LogP contribution in [0.1, 0.15) is 45.2 Å². The summed E-state index contributed by atoms with van der Waals surface area (Å²) in [7, 11) is 1.58. The first kappa shape index (κ1) is 27.3. The number of nitrogens with one attached hydrogen (secondary N) is 2. The second-order valence-electron chi connectivity index (χ2n) is 8.83. The van der Waals surface area contributed by atoms with Crippen LogP contribution in [0.25, 0.3) is 0 Å². The minimum atomic E-state index is -0.659. The first-order chi connectivity index (χ1) is 17.4. The Balaban J connectivity index is 1.93. The van der Waals surface area contributed by atoms with Crippen molar-refractivity contribution in [1.29, 1.82) is 0 Å². The van der Waals surface area contributed by atoms with Crippen molar-refractivity contribution >= 4 is 18.0 Å². The molecular formula is C26H39N5O5. The van der Waals surface area contributed by atoms with E-state index in [4.69, 9.17) is 9.47 Å². The highest BCUT2D eigenvalue weighted by atomic mass is 16.5. The molecular weight excluding hydrogens is 462 g/mol. The normalized spacial score (nSPS) is 19.0. The minimum Gasteiger partial charge on any atom is -0.497 e. The second kappa shape index (κ2) is 13.2. The third-order valence-electron chi connectivity index (χ3n) is 6.45. The number of hydrogen-bond donors (Lipinski definition) is 2. The quantitative estimate of drug-likeness (QED) is 0.505. The van der Waals surface area contributed by atoms with Gasteiger partial charge in [-0.2, -0.15) is 0 Å². The molecule has 0 bridgehead atoms. The molecule has 0 radical (unpaired) electrons. The number of urea groups is 2. The van der Waals surface area contributed by atoms with Crippen molar-refractivity contribution in [2.24, 2.45) is 0 Å². The molecule has 2 heterocycles. The maximum atomic E-state index is 13.3. The molecule has 3 rings (SSSR count). The molecule has 0 aliphatic carbocycles. The number of methoxy groups -OCH3 is 1. The van der Waals surface area contributed by atoms with Crippen molar-refractivity contribution in [2.75, 3.05) is 59.5 Å². The van der Waals surface area contributed by atoms with Gasteiger partial charge in [0, 0.05) is 51.5 Å². The highest BCUT2D eigenvalue weighted by Crippen LogP contribution is 2.33. The summed E-state index contributed by atoms with van der Waals surface area (Å²) in [5.41, 5.74) is 1.80. The minimum absolute atomic E-state index is 0.0459. The van der Waals surface area contributed by atoms with Crippen LogP contribution in [0.15, 0.2) is 35.5 Å². The molecule has 10 nitrogen and oxygen atoms in total. The molecule has 0 saturated carbocycles. The van der Waals surface area contributed by atoms with Crippen LogP contribution in [0.4, 0.5) is 9.59 Å². The van der Waals surface area contributed by atoms with E-state index in [0.717, 1.165) is 24.9 Å². The van der Waals surface area contributed by atoms with Gasteiger partial charge in [0.05, 0.1) is 25.3 Å². The lowest BCUT2D eigenvalue weighted by Gasteiger charge is -2.38. The number of rotatable bonds is 9. The zero-order valence-corrected chi connectivity index (χ0v) is 21.8. The summed E-state index contributed by atoms with van der Waals surface area (Å²) in [5, 5.41) is 5.93. The van der Waals surface area contributed by atoms with Gasteiger partial charge < -0.3 is 25.0 Å². The highest BCUT2D eigenvalue weighted by Gasteiger charge is 2.38. The predicted octanol–water partition coefficient (Wildman–Crippen LogP) is 2.73. The molecule has 2 aliphatic heterocycles. The molecule has 0 spiro atoms.